The summed E-state index contributed by atoms with van der Waals surface area (Å²) in [6.07, 6.45) is 0. The number of para-hydroxylation sites is 5. The van der Waals surface area contributed by atoms with Crippen LogP contribution in [-0.4, -0.2) is 0 Å². The molecule has 3 aliphatic rings. The van der Waals surface area contributed by atoms with Crippen LogP contribution in [0.1, 0.15) is 74.9 Å². The highest BCUT2D eigenvalue weighted by molar-refractivity contribution is 7.26. The fourth-order valence-electron chi connectivity index (χ4n) is 23.9. The Morgan fingerprint density at radius 2 is 0.493 bits per heavy atom. The van der Waals surface area contributed by atoms with Crippen LogP contribution < -0.4 is 14.7 Å². The van der Waals surface area contributed by atoms with E-state index in [4.69, 9.17) is 4.42 Å². The SMILES string of the molecule is CC1(C)c2ccccc2-c2c1c1ccc3cc(N(c4ccccc4)c4cccc5oc6ccccc6c45)ccc3c1c1ccccc21.CC1(C)c2ccccc2-c2c1c1ccc3cc(N(c4ccccc4)c4cccc5sc6ccccc6c45)ccc3c1c1ccccc21.CC1(C)c2ccccc2-c2c1c1ccc3cc(N(c4ccccc4)c4ccccc4)ccc3c1c1ccccc21. The van der Waals surface area contributed by atoms with Crippen molar-refractivity contribution in [2.24, 2.45) is 0 Å². The van der Waals surface area contributed by atoms with Gasteiger partial charge in [-0.2, -0.15) is 0 Å². The summed E-state index contributed by atoms with van der Waals surface area (Å²) >= 11 is 1.87. The van der Waals surface area contributed by atoms with Gasteiger partial charge >= 0.3 is 0 Å². The van der Waals surface area contributed by atoms with Crippen molar-refractivity contribution in [1.29, 1.82) is 0 Å². The Labute approximate surface area is 782 Å². The fraction of sp³-hybridized carbons (Fsp3) is 0.0698. The van der Waals surface area contributed by atoms with E-state index in [0.717, 1.165) is 67.4 Å². The molecule has 28 rings (SSSR count). The minimum atomic E-state index is -0.0992. The van der Waals surface area contributed by atoms with Crippen molar-refractivity contribution in [2.45, 2.75) is 57.8 Å². The second kappa shape index (κ2) is 30.5. The Hall–Kier alpha value is -16.2. The maximum absolute atomic E-state index is 6.32. The van der Waals surface area contributed by atoms with Gasteiger partial charge in [-0.15, -0.1) is 11.3 Å². The molecule has 4 nitrogen and oxygen atoms in total. The first-order chi connectivity index (χ1) is 65.8. The number of furan rings is 1. The van der Waals surface area contributed by atoms with Gasteiger partial charge < -0.3 is 19.1 Å². The van der Waals surface area contributed by atoms with Crippen molar-refractivity contribution in [3.8, 4) is 33.4 Å². The zero-order chi connectivity index (χ0) is 89.4. The summed E-state index contributed by atoms with van der Waals surface area (Å²) < 4.78 is 8.95. The number of benzene rings is 23. The molecule has 0 fully saturated rings. The molecule has 134 heavy (non-hydrogen) atoms. The molecule has 3 aliphatic carbocycles. The van der Waals surface area contributed by atoms with Crippen LogP contribution in [0.2, 0.25) is 0 Å². The Balaban J connectivity index is 0.000000105. The average Bonchev–Trinajstić information content (AvgIpc) is 1.53. The molecule has 0 amide bonds. The number of nitrogens with zero attached hydrogens (tertiary/aromatic N) is 3. The third-order valence-electron chi connectivity index (χ3n) is 29.5. The molecule has 2 aromatic heterocycles. The molecule has 0 N–H and O–H groups in total. The smallest absolute Gasteiger partial charge is 0.137 e. The minimum absolute atomic E-state index is 0.0702. The highest BCUT2D eigenvalue weighted by Crippen LogP contribution is 2.61. The predicted molar refractivity (Wildman–Crippen MR) is 574 cm³/mol. The van der Waals surface area contributed by atoms with Crippen molar-refractivity contribution in [3.05, 3.63) is 476 Å². The zero-order valence-electron chi connectivity index (χ0n) is 75.3. The molecule has 0 bridgehead atoms. The van der Waals surface area contributed by atoms with Crippen LogP contribution >= 0.6 is 11.3 Å². The standard InChI is InChI=1S/C45H31NO.C45H31NS.C39H29N/c2*1-45(2)37-19-10-8-17-34(37)42-33-16-7-6-15-32(33)41-31-26-24-30(27-28(31)23-25-36(41)44(42)45)46(29-13-4-3-5-14-29)38-20-12-22-40-43(38)35-18-9-11-21-39(35)47-40;1-39(2)35-20-12-11-19-33(35)37-32-18-10-9-17-31(32)36-30-24-22-29(25-26(30)21-23-34(36)38(37)39)40(27-13-5-3-6-14-27)28-15-7-4-8-16-28/h2*3-27H,1-2H3;3-25H,1-2H3. The Morgan fingerprint density at radius 1 is 0.194 bits per heavy atom. The molecule has 0 unspecified atom stereocenters. The lowest BCUT2D eigenvalue weighted by molar-refractivity contribution is 0.666. The van der Waals surface area contributed by atoms with E-state index in [2.05, 4.69) is 487 Å². The second-order valence-corrected chi connectivity index (χ2v) is 39.0. The monoisotopic (exact) mass is 1730 g/mol. The van der Waals surface area contributed by atoms with E-state index in [-0.39, 0.29) is 16.2 Å². The summed E-state index contributed by atoms with van der Waals surface area (Å²) in [6.45, 7) is 14.3. The van der Waals surface area contributed by atoms with Gasteiger partial charge in [0.05, 0.1) is 16.8 Å². The van der Waals surface area contributed by atoms with Crippen molar-refractivity contribution < 1.29 is 4.42 Å². The normalized spacial score (nSPS) is 13.5. The van der Waals surface area contributed by atoms with Crippen LogP contribution in [0.25, 0.3) is 172 Å². The molecule has 0 atom stereocenters. The molecule has 0 saturated carbocycles. The lowest BCUT2D eigenvalue weighted by Gasteiger charge is -2.27. The lowest BCUT2D eigenvalue weighted by atomic mass is 9.78. The van der Waals surface area contributed by atoms with E-state index in [1.54, 1.807) is 0 Å². The molecular weight excluding hydrogens is 1640 g/mol. The maximum Gasteiger partial charge on any atom is 0.137 e. The summed E-state index contributed by atoms with van der Waals surface area (Å²) in [5, 5.41) is 28.5. The first-order valence-electron chi connectivity index (χ1n) is 46.8. The molecular formula is C129H91N3OS. The van der Waals surface area contributed by atoms with Crippen molar-refractivity contribution in [2.75, 3.05) is 14.7 Å². The Bertz CT molecular complexity index is 8760. The number of anilines is 9. The number of hydrogen-bond donors (Lipinski definition) is 0. The summed E-state index contributed by atoms with van der Waals surface area (Å²) in [6, 6.07) is 162. The second-order valence-electron chi connectivity index (χ2n) is 37.9. The van der Waals surface area contributed by atoms with Crippen LogP contribution in [-0.2, 0) is 16.2 Å². The van der Waals surface area contributed by atoms with Crippen LogP contribution in [0.4, 0.5) is 51.2 Å². The van der Waals surface area contributed by atoms with Gasteiger partial charge in [0.15, 0.2) is 0 Å². The number of hydrogen-bond acceptors (Lipinski definition) is 5. The summed E-state index contributed by atoms with van der Waals surface area (Å²) in [4.78, 5) is 7.14. The zero-order valence-corrected chi connectivity index (χ0v) is 76.1. The molecule has 25 aromatic rings. The van der Waals surface area contributed by atoms with Crippen LogP contribution in [0.15, 0.2) is 447 Å². The topological polar surface area (TPSA) is 22.9 Å². The van der Waals surface area contributed by atoms with Crippen LogP contribution in [0.3, 0.4) is 0 Å². The molecule has 2 heterocycles. The summed E-state index contributed by atoms with van der Waals surface area (Å²) in [5.74, 6) is 0. The van der Waals surface area contributed by atoms with E-state index >= 15 is 0 Å². The van der Waals surface area contributed by atoms with Crippen molar-refractivity contribution >= 4 is 202 Å². The third-order valence-corrected chi connectivity index (χ3v) is 30.7. The van der Waals surface area contributed by atoms with Gasteiger partial charge in [0.2, 0.25) is 0 Å². The highest BCUT2D eigenvalue weighted by Gasteiger charge is 2.42. The third kappa shape index (κ3) is 11.9. The van der Waals surface area contributed by atoms with Crippen molar-refractivity contribution in [3.63, 3.8) is 0 Å². The average molecular weight is 1730 g/mol. The van der Waals surface area contributed by atoms with E-state index in [0.29, 0.717) is 0 Å². The Morgan fingerprint density at radius 3 is 0.903 bits per heavy atom. The summed E-state index contributed by atoms with van der Waals surface area (Å²) in [7, 11) is 0. The molecule has 23 aromatic carbocycles. The van der Waals surface area contributed by atoms with E-state index < -0.39 is 0 Å². The molecule has 0 saturated heterocycles. The van der Waals surface area contributed by atoms with E-state index in [9.17, 15) is 0 Å². The first-order valence-corrected chi connectivity index (χ1v) is 47.6. The van der Waals surface area contributed by atoms with Gasteiger partial charge in [-0.1, -0.05) is 363 Å². The summed E-state index contributed by atoms with van der Waals surface area (Å²) in [5.41, 5.74) is 28.7. The van der Waals surface area contributed by atoms with Gasteiger partial charge in [0.1, 0.15) is 11.2 Å². The van der Waals surface area contributed by atoms with Crippen molar-refractivity contribution in [1.82, 2.24) is 0 Å². The van der Waals surface area contributed by atoms with E-state index in [1.807, 2.05) is 23.5 Å². The molecule has 634 valence electrons. The molecule has 5 heteroatoms. The quantitative estimate of drug-likeness (QED) is 0.134. The number of thiophene rings is 1. The van der Waals surface area contributed by atoms with Crippen LogP contribution in [0, 0.1) is 0 Å². The number of fused-ring (bicyclic) bond motifs is 36. The van der Waals surface area contributed by atoms with Gasteiger partial charge in [0.25, 0.3) is 0 Å². The molecule has 0 spiro atoms. The maximum atomic E-state index is 6.32. The van der Waals surface area contributed by atoms with E-state index in [1.165, 1.54) is 190 Å². The van der Waals surface area contributed by atoms with Gasteiger partial charge in [-0.05, 0) is 285 Å². The van der Waals surface area contributed by atoms with Gasteiger partial charge in [0, 0.05) is 81.6 Å². The minimum Gasteiger partial charge on any atom is -0.456 e. The van der Waals surface area contributed by atoms with Gasteiger partial charge in [-0.3, -0.25) is 0 Å². The largest absolute Gasteiger partial charge is 0.456 e. The Kier molecular flexibility index (Phi) is 17.9. The van der Waals surface area contributed by atoms with Gasteiger partial charge in [-0.25, -0.2) is 0 Å². The lowest BCUT2D eigenvalue weighted by Crippen LogP contribution is -2.15. The molecule has 0 aliphatic heterocycles. The first kappa shape index (κ1) is 78.8. The highest BCUT2D eigenvalue weighted by atomic mass is 32.1. The number of rotatable bonds is 9. The van der Waals surface area contributed by atoms with Crippen LogP contribution in [0.5, 0.6) is 0 Å². The molecule has 0 radical (unpaired) electrons. The fourth-order valence-corrected chi connectivity index (χ4v) is 25.0. The predicted octanol–water partition coefficient (Wildman–Crippen LogP) is 37.0.